The van der Waals surface area contributed by atoms with Gasteiger partial charge >= 0.3 is 0 Å². The number of nitrogens with two attached hydrogens (primary N) is 1. The van der Waals surface area contributed by atoms with Crippen molar-refractivity contribution in [1.29, 1.82) is 0 Å². The standard InChI is InChI=1S/C13H22N2/c1-5-15(10(2)3)9-12-7-6-8-13(14)11(12)4/h6-8,10H,5,9,14H2,1-4H3. The van der Waals surface area contributed by atoms with E-state index in [0.717, 1.165) is 18.8 Å². The fourth-order valence-electron chi connectivity index (χ4n) is 1.75. The molecule has 1 aromatic rings. The van der Waals surface area contributed by atoms with Crippen LogP contribution in [0.1, 0.15) is 31.9 Å². The molecule has 0 bridgehead atoms. The Balaban J connectivity index is 2.84. The third-order valence-corrected chi connectivity index (χ3v) is 3.00. The number of benzene rings is 1. The number of hydrogen-bond acceptors (Lipinski definition) is 2. The highest BCUT2D eigenvalue weighted by Crippen LogP contribution is 2.18. The van der Waals surface area contributed by atoms with Crippen LogP contribution in [-0.4, -0.2) is 17.5 Å². The molecule has 1 aromatic carbocycles. The Morgan fingerprint density at radius 1 is 1.33 bits per heavy atom. The second kappa shape index (κ2) is 5.17. The first kappa shape index (κ1) is 12.1. The molecule has 0 atom stereocenters. The second-order valence-electron chi connectivity index (χ2n) is 4.29. The topological polar surface area (TPSA) is 29.3 Å². The molecule has 0 aliphatic carbocycles. The van der Waals surface area contributed by atoms with Crippen molar-refractivity contribution in [3.8, 4) is 0 Å². The van der Waals surface area contributed by atoms with Gasteiger partial charge in [0.2, 0.25) is 0 Å². The summed E-state index contributed by atoms with van der Waals surface area (Å²) in [5.74, 6) is 0. The van der Waals surface area contributed by atoms with E-state index < -0.39 is 0 Å². The lowest BCUT2D eigenvalue weighted by Crippen LogP contribution is -2.30. The average Bonchev–Trinajstić information content (AvgIpc) is 2.19. The molecule has 0 spiro atoms. The molecular weight excluding hydrogens is 184 g/mol. The molecule has 2 nitrogen and oxygen atoms in total. The molecule has 84 valence electrons. The number of anilines is 1. The van der Waals surface area contributed by atoms with Gasteiger partial charge in [-0.3, -0.25) is 4.90 Å². The first-order valence-electron chi connectivity index (χ1n) is 5.64. The molecule has 0 saturated heterocycles. The van der Waals surface area contributed by atoms with Crippen LogP contribution in [0.4, 0.5) is 5.69 Å². The van der Waals surface area contributed by atoms with Gasteiger partial charge in [-0.05, 0) is 44.5 Å². The molecule has 2 N–H and O–H groups in total. The molecule has 0 unspecified atom stereocenters. The van der Waals surface area contributed by atoms with Gasteiger partial charge in [0.15, 0.2) is 0 Å². The quantitative estimate of drug-likeness (QED) is 0.768. The van der Waals surface area contributed by atoms with E-state index in [2.05, 4.69) is 38.7 Å². The largest absolute Gasteiger partial charge is 0.399 e. The average molecular weight is 206 g/mol. The SMILES string of the molecule is CCN(Cc1cccc(N)c1C)C(C)C. The Bertz CT molecular complexity index is 318. The number of hydrogen-bond donors (Lipinski definition) is 1. The maximum Gasteiger partial charge on any atom is 0.0346 e. The minimum absolute atomic E-state index is 0.579. The summed E-state index contributed by atoms with van der Waals surface area (Å²) in [6.07, 6.45) is 0. The van der Waals surface area contributed by atoms with Gasteiger partial charge in [0.05, 0.1) is 0 Å². The smallest absolute Gasteiger partial charge is 0.0346 e. The third kappa shape index (κ3) is 2.96. The predicted octanol–water partition coefficient (Wildman–Crippen LogP) is 2.81. The molecule has 0 heterocycles. The van der Waals surface area contributed by atoms with Crippen molar-refractivity contribution < 1.29 is 0 Å². The van der Waals surface area contributed by atoms with Gasteiger partial charge in [0, 0.05) is 18.3 Å². The summed E-state index contributed by atoms with van der Waals surface area (Å²) in [5, 5.41) is 0. The van der Waals surface area contributed by atoms with Crippen molar-refractivity contribution in [1.82, 2.24) is 4.90 Å². The minimum Gasteiger partial charge on any atom is -0.399 e. The van der Waals surface area contributed by atoms with Crippen LogP contribution in [0, 0.1) is 6.92 Å². The lowest BCUT2D eigenvalue weighted by molar-refractivity contribution is 0.224. The summed E-state index contributed by atoms with van der Waals surface area (Å²) < 4.78 is 0. The fourth-order valence-corrected chi connectivity index (χ4v) is 1.75. The summed E-state index contributed by atoms with van der Waals surface area (Å²) in [6.45, 7) is 10.8. The highest BCUT2D eigenvalue weighted by Gasteiger charge is 2.09. The molecule has 2 heteroatoms. The second-order valence-corrected chi connectivity index (χ2v) is 4.29. The van der Waals surface area contributed by atoms with Gasteiger partial charge in [-0.25, -0.2) is 0 Å². The van der Waals surface area contributed by atoms with Gasteiger partial charge in [-0.1, -0.05) is 19.1 Å². The van der Waals surface area contributed by atoms with E-state index in [4.69, 9.17) is 5.73 Å². The van der Waals surface area contributed by atoms with E-state index in [1.54, 1.807) is 0 Å². The molecule has 0 aliphatic rings. The number of nitrogens with zero attached hydrogens (tertiary/aromatic N) is 1. The van der Waals surface area contributed by atoms with Gasteiger partial charge in [0.25, 0.3) is 0 Å². The van der Waals surface area contributed by atoms with E-state index in [-0.39, 0.29) is 0 Å². The van der Waals surface area contributed by atoms with E-state index >= 15 is 0 Å². The summed E-state index contributed by atoms with van der Waals surface area (Å²) >= 11 is 0. The van der Waals surface area contributed by atoms with Crippen LogP contribution in [0.2, 0.25) is 0 Å². The molecule has 0 aromatic heterocycles. The first-order chi connectivity index (χ1) is 7.06. The van der Waals surface area contributed by atoms with Gasteiger partial charge < -0.3 is 5.73 Å². The van der Waals surface area contributed by atoms with Gasteiger partial charge in [-0.15, -0.1) is 0 Å². The van der Waals surface area contributed by atoms with E-state index in [9.17, 15) is 0 Å². The fraction of sp³-hybridized carbons (Fsp3) is 0.538. The maximum atomic E-state index is 5.90. The predicted molar refractivity (Wildman–Crippen MR) is 66.8 cm³/mol. The van der Waals surface area contributed by atoms with E-state index in [0.29, 0.717) is 6.04 Å². The lowest BCUT2D eigenvalue weighted by Gasteiger charge is -2.25. The molecule has 0 amide bonds. The highest BCUT2D eigenvalue weighted by atomic mass is 15.1. The van der Waals surface area contributed by atoms with Crippen LogP contribution in [-0.2, 0) is 6.54 Å². The van der Waals surface area contributed by atoms with Crippen LogP contribution in [0.5, 0.6) is 0 Å². The van der Waals surface area contributed by atoms with Crippen LogP contribution in [0.25, 0.3) is 0 Å². The normalized spacial score (nSPS) is 11.3. The third-order valence-electron chi connectivity index (χ3n) is 3.00. The highest BCUT2D eigenvalue weighted by molar-refractivity contribution is 5.49. The van der Waals surface area contributed by atoms with Gasteiger partial charge in [0.1, 0.15) is 0 Å². The van der Waals surface area contributed by atoms with Crippen molar-refractivity contribution in [2.24, 2.45) is 0 Å². The Morgan fingerprint density at radius 2 is 2.00 bits per heavy atom. The zero-order valence-electron chi connectivity index (χ0n) is 10.2. The number of rotatable bonds is 4. The Morgan fingerprint density at radius 3 is 2.53 bits per heavy atom. The van der Waals surface area contributed by atoms with Crippen molar-refractivity contribution in [2.45, 2.75) is 40.3 Å². The monoisotopic (exact) mass is 206 g/mol. The van der Waals surface area contributed by atoms with Crippen molar-refractivity contribution in [3.63, 3.8) is 0 Å². The van der Waals surface area contributed by atoms with Crippen LogP contribution in [0.3, 0.4) is 0 Å². The van der Waals surface area contributed by atoms with Gasteiger partial charge in [-0.2, -0.15) is 0 Å². The zero-order valence-corrected chi connectivity index (χ0v) is 10.2. The Labute approximate surface area is 93.1 Å². The summed E-state index contributed by atoms with van der Waals surface area (Å²) in [7, 11) is 0. The zero-order chi connectivity index (χ0) is 11.4. The Hall–Kier alpha value is -1.02. The molecule has 0 saturated carbocycles. The Kier molecular flexibility index (Phi) is 4.15. The van der Waals surface area contributed by atoms with Crippen LogP contribution in [0.15, 0.2) is 18.2 Å². The van der Waals surface area contributed by atoms with E-state index in [1.807, 2.05) is 12.1 Å². The molecule has 0 fully saturated rings. The molecule has 1 rings (SSSR count). The van der Waals surface area contributed by atoms with Crippen LogP contribution < -0.4 is 5.73 Å². The van der Waals surface area contributed by atoms with Crippen LogP contribution >= 0.6 is 0 Å². The lowest BCUT2D eigenvalue weighted by atomic mass is 10.1. The van der Waals surface area contributed by atoms with Crippen molar-refractivity contribution in [2.75, 3.05) is 12.3 Å². The summed E-state index contributed by atoms with van der Waals surface area (Å²) in [5.41, 5.74) is 9.35. The molecule has 0 aliphatic heterocycles. The first-order valence-corrected chi connectivity index (χ1v) is 5.64. The van der Waals surface area contributed by atoms with E-state index in [1.165, 1.54) is 11.1 Å². The minimum atomic E-state index is 0.579. The summed E-state index contributed by atoms with van der Waals surface area (Å²) in [4.78, 5) is 2.43. The molecule has 15 heavy (non-hydrogen) atoms. The number of nitrogen functional groups attached to an aromatic ring is 1. The molecule has 0 radical (unpaired) electrons. The molecular formula is C13H22N2. The van der Waals surface area contributed by atoms with Crippen molar-refractivity contribution in [3.05, 3.63) is 29.3 Å². The summed E-state index contributed by atoms with van der Waals surface area (Å²) in [6, 6.07) is 6.74. The maximum absolute atomic E-state index is 5.90. The van der Waals surface area contributed by atoms with Crippen molar-refractivity contribution >= 4 is 5.69 Å².